The highest BCUT2D eigenvalue weighted by molar-refractivity contribution is 7.89. The Bertz CT molecular complexity index is 1030. The highest BCUT2D eigenvalue weighted by atomic mass is 32.2. The zero-order chi connectivity index (χ0) is 20.8. The van der Waals surface area contributed by atoms with Crippen molar-refractivity contribution in [2.75, 3.05) is 13.1 Å². The number of carbonyl (C=O) groups excluding carboxylic acids is 1. The maximum Gasteiger partial charge on any atom is 0.366 e. The summed E-state index contributed by atoms with van der Waals surface area (Å²) in [5.74, 6) is 0.649. The van der Waals surface area contributed by atoms with E-state index in [2.05, 4.69) is 0 Å². The van der Waals surface area contributed by atoms with Gasteiger partial charge in [-0.15, -0.1) is 0 Å². The molecule has 0 amide bonds. The highest BCUT2D eigenvalue weighted by Gasteiger charge is 2.54. The number of imidazole rings is 1. The van der Waals surface area contributed by atoms with Crippen LogP contribution in [0.2, 0.25) is 0 Å². The zero-order valence-corrected chi connectivity index (χ0v) is 16.5. The minimum absolute atomic E-state index is 0.0524. The molecule has 10 nitrogen and oxygen atoms in total. The number of quaternary nitrogens is 1. The van der Waals surface area contributed by atoms with Gasteiger partial charge in [0.25, 0.3) is 6.23 Å². The largest absolute Gasteiger partial charge is 0.404 e. The molecule has 1 fully saturated rings. The summed E-state index contributed by atoms with van der Waals surface area (Å²) in [6, 6.07) is 6.40. The van der Waals surface area contributed by atoms with Gasteiger partial charge in [-0.05, 0) is 17.7 Å². The Morgan fingerprint density at radius 1 is 1.28 bits per heavy atom. The Morgan fingerprint density at radius 3 is 2.66 bits per heavy atom. The van der Waals surface area contributed by atoms with E-state index < -0.39 is 16.3 Å². The van der Waals surface area contributed by atoms with Crippen LogP contribution in [-0.2, 0) is 45.6 Å². The predicted molar refractivity (Wildman–Crippen MR) is 98.0 cm³/mol. The summed E-state index contributed by atoms with van der Waals surface area (Å²) in [6.45, 7) is 1.94. The number of aromatic nitrogens is 2. The van der Waals surface area contributed by atoms with Crippen LogP contribution in [0.5, 0.6) is 0 Å². The fourth-order valence-electron chi connectivity index (χ4n) is 4.17. The van der Waals surface area contributed by atoms with Crippen molar-refractivity contribution in [2.24, 2.45) is 5.14 Å². The monoisotopic (exact) mass is 424 g/mol. The molecule has 2 atom stereocenters. The van der Waals surface area contributed by atoms with Crippen molar-refractivity contribution < 1.29 is 37.2 Å². The minimum atomic E-state index is -3.73. The van der Waals surface area contributed by atoms with E-state index in [-0.39, 0.29) is 30.2 Å². The topological polar surface area (TPSA) is 136 Å². The summed E-state index contributed by atoms with van der Waals surface area (Å²) < 4.78 is 32.6. The van der Waals surface area contributed by atoms with E-state index in [1.807, 2.05) is 10.8 Å². The molecule has 3 heterocycles. The predicted octanol–water partition coefficient (Wildman–Crippen LogP) is -1.81. The zero-order valence-electron chi connectivity index (χ0n) is 15.7. The quantitative estimate of drug-likeness (QED) is 0.216. The molecule has 0 aliphatic carbocycles. The fraction of sp³-hybridized carbons (Fsp3) is 0.444. The van der Waals surface area contributed by atoms with Crippen LogP contribution in [-0.4, -0.2) is 59.3 Å². The van der Waals surface area contributed by atoms with Gasteiger partial charge in [-0.25, -0.2) is 27.5 Å². The van der Waals surface area contributed by atoms with E-state index in [0.29, 0.717) is 30.5 Å². The average molecular weight is 424 g/mol. The SMILES string of the molecule is NS(=O)(=O)c1ccc(CC[N+]23CC(=O)OC2C[n+]2ccn(CC(O)O)c2C3)cc1. The standard InChI is InChI=1S/C18H24N4O6S/c19-29(26,27)14-3-1-13(2-4-14)5-8-22-11-15-20(6-7-21(15)10-17(23)24)9-16(22)28-18(25)12-22/h1-4,6-7,16-17,23-24H,5,8-12H2,(H2,19,26,27)/q+2. The second-order valence-corrected chi connectivity index (χ2v) is 9.20. The molecule has 2 aliphatic heterocycles. The molecule has 29 heavy (non-hydrogen) atoms. The van der Waals surface area contributed by atoms with Gasteiger partial charge in [0.15, 0.2) is 25.9 Å². The third-order valence-electron chi connectivity index (χ3n) is 5.68. The molecule has 0 radical (unpaired) electrons. The molecule has 2 aromatic rings. The molecule has 11 heteroatoms. The number of hydrogen-bond donors (Lipinski definition) is 3. The summed E-state index contributed by atoms with van der Waals surface area (Å²) in [7, 11) is -3.73. The number of aliphatic hydroxyl groups is 2. The lowest BCUT2D eigenvalue weighted by Crippen LogP contribution is -2.64. The Hall–Kier alpha value is -2.31. The number of carbonyl (C=O) groups is 1. The van der Waals surface area contributed by atoms with E-state index in [9.17, 15) is 23.4 Å². The van der Waals surface area contributed by atoms with Crippen LogP contribution in [0.15, 0.2) is 41.6 Å². The molecule has 0 spiro atoms. The summed E-state index contributed by atoms with van der Waals surface area (Å²) in [4.78, 5) is 12.2. The summed E-state index contributed by atoms with van der Waals surface area (Å²) >= 11 is 0. The first kappa shape index (κ1) is 20.0. The number of fused-ring (bicyclic) bond motifs is 2. The Balaban J connectivity index is 1.56. The van der Waals surface area contributed by atoms with Gasteiger partial charge in [-0.2, -0.15) is 0 Å². The molecule has 1 aromatic heterocycles. The first-order valence-electron chi connectivity index (χ1n) is 9.27. The van der Waals surface area contributed by atoms with Gasteiger partial charge >= 0.3 is 11.8 Å². The molecule has 4 rings (SSSR count). The van der Waals surface area contributed by atoms with Crippen molar-refractivity contribution in [2.45, 2.75) is 43.5 Å². The average Bonchev–Trinajstić information content (AvgIpc) is 3.16. The van der Waals surface area contributed by atoms with Crippen LogP contribution in [0.4, 0.5) is 0 Å². The van der Waals surface area contributed by atoms with Crippen molar-refractivity contribution in [1.29, 1.82) is 0 Å². The number of nitrogens with zero attached hydrogens (tertiary/aromatic N) is 3. The van der Waals surface area contributed by atoms with Gasteiger partial charge in [0.1, 0.15) is 18.9 Å². The van der Waals surface area contributed by atoms with Crippen molar-refractivity contribution in [3.05, 3.63) is 48.0 Å². The highest BCUT2D eigenvalue weighted by Crippen LogP contribution is 2.30. The Labute approximate surface area is 168 Å². The number of hydrogen-bond acceptors (Lipinski definition) is 6. The van der Waals surface area contributed by atoms with Crippen molar-refractivity contribution in [1.82, 2.24) is 4.57 Å². The van der Waals surface area contributed by atoms with Crippen LogP contribution in [0, 0.1) is 0 Å². The van der Waals surface area contributed by atoms with Gasteiger partial charge in [0.05, 0.1) is 11.4 Å². The molecule has 1 saturated heterocycles. The molecular formula is C18H24N4O6S+2. The van der Waals surface area contributed by atoms with Crippen molar-refractivity contribution in [3.63, 3.8) is 0 Å². The van der Waals surface area contributed by atoms with E-state index in [1.54, 1.807) is 22.9 Å². The van der Waals surface area contributed by atoms with Crippen molar-refractivity contribution in [3.8, 4) is 0 Å². The van der Waals surface area contributed by atoms with Crippen molar-refractivity contribution >= 4 is 16.0 Å². The molecule has 2 aliphatic rings. The van der Waals surface area contributed by atoms with E-state index in [4.69, 9.17) is 9.88 Å². The molecule has 156 valence electrons. The lowest BCUT2D eigenvalue weighted by atomic mass is 10.1. The summed E-state index contributed by atoms with van der Waals surface area (Å²) in [6.07, 6.45) is 2.50. The summed E-state index contributed by atoms with van der Waals surface area (Å²) in [5.41, 5.74) is 0.933. The third-order valence-corrected chi connectivity index (χ3v) is 6.61. The smallest absolute Gasteiger partial charge is 0.366 e. The van der Waals surface area contributed by atoms with Gasteiger partial charge in [-0.1, -0.05) is 12.1 Å². The van der Waals surface area contributed by atoms with E-state index in [1.165, 1.54) is 12.1 Å². The van der Waals surface area contributed by atoms with Gasteiger partial charge in [-0.3, -0.25) is 4.48 Å². The minimum Gasteiger partial charge on any atom is -0.404 e. The van der Waals surface area contributed by atoms with Gasteiger partial charge in [0, 0.05) is 6.42 Å². The number of esters is 1. The molecule has 2 unspecified atom stereocenters. The molecule has 1 aromatic carbocycles. The molecule has 0 saturated carbocycles. The van der Waals surface area contributed by atoms with Crippen LogP contribution < -0.4 is 9.71 Å². The first-order chi connectivity index (χ1) is 13.7. The number of ether oxygens (including phenoxy) is 1. The van der Waals surface area contributed by atoms with Crippen LogP contribution >= 0.6 is 0 Å². The second-order valence-electron chi connectivity index (χ2n) is 7.64. The number of aliphatic hydroxyl groups excluding tert-OH is 1. The lowest BCUT2D eigenvalue weighted by Gasteiger charge is -2.37. The number of sulfonamides is 1. The Morgan fingerprint density at radius 2 is 2.00 bits per heavy atom. The van der Waals surface area contributed by atoms with Gasteiger partial charge < -0.3 is 14.9 Å². The van der Waals surface area contributed by atoms with E-state index in [0.717, 1.165) is 11.4 Å². The first-order valence-corrected chi connectivity index (χ1v) is 10.8. The van der Waals surface area contributed by atoms with E-state index >= 15 is 0 Å². The summed E-state index contributed by atoms with van der Waals surface area (Å²) in [5, 5.41) is 23.8. The lowest BCUT2D eigenvalue weighted by molar-refractivity contribution is -1.00. The second kappa shape index (κ2) is 7.18. The van der Waals surface area contributed by atoms with Crippen LogP contribution in [0.25, 0.3) is 0 Å². The van der Waals surface area contributed by atoms with Crippen LogP contribution in [0.3, 0.4) is 0 Å². The maximum atomic E-state index is 12.1. The fourth-order valence-corrected chi connectivity index (χ4v) is 4.68. The maximum absolute atomic E-state index is 12.1. The van der Waals surface area contributed by atoms with Gasteiger partial charge in [0.2, 0.25) is 10.0 Å². The molecule has 0 bridgehead atoms. The van der Waals surface area contributed by atoms with Crippen LogP contribution in [0.1, 0.15) is 11.4 Å². The number of nitrogens with two attached hydrogens (primary N) is 1. The Kier molecular flexibility index (Phi) is 4.95. The number of primary sulfonamides is 1. The molecular weight excluding hydrogens is 400 g/mol. The number of rotatable bonds is 6. The normalized spacial score (nSPS) is 23.7. The number of benzene rings is 1. The molecule has 4 N–H and O–H groups in total. The third kappa shape index (κ3) is 3.91.